The predicted octanol–water partition coefficient (Wildman–Crippen LogP) is 0.0608. The maximum Gasteiger partial charge on any atom is 0.272 e. The molecule has 2 aliphatic rings. The van der Waals surface area contributed by atoms with Crippen molar-refractivity contribution in [2.45, 2.75) is 18.8 Å². The zero-order valence-corrected chi connectivity index (χ0v) is 14.2. The van der Waals surface area contributed by atoms with Gasteiger partial charge in [-0.05, 0) is 12.8 Å². The van der Waals surface area contributed by atoms with E-state index in [0.717, 1.165) is 44.7 Å². The molecule has 0 aliphatic carbocycles. The molecule has 0 saturated carbocycles. The number of nitrogens with zero attached hydrogens (tertiary/aromatic N) is 4. The Morgan fingerprint density at radius 2 is 2.00 bits per heavy atom. The van der Waals surface area contributed by atoms with Crippen molar-refractivity contribution >= 4 is 11.6 Å². The van der Waals surface area contributed by atoms with Crippen molar-refractivity contribution in [3.05, 3.63) is 34.4 Å². The normalized spacial score (nSPS) is 20.2. The van der Waals surface area contributed by atoms with Gasteiger partial charge in [-0.25, -0.2) is 9.50 Å². The fourth-order valence-electron chi connectivity index (χ4n) is 3.63. The smallest absolute Gasteiger partial charge is 0.272 e. The van der Waals surface area contributed by atoms with E-state index in [1.165, 1.54) is 4.52 Å². The van der Waals surface area contributed by atoms with Gasteiger partial charge < -0.3 is 9.64 Å². The average Bonchev–Trinajstić information content (AvgIpc) is 3.12. The number of aromatic nitrogens is 3. The van der Waals surface area contributed by atoms with Gasteiger partial charge in [0.05, 0.1) is 25.5 Å². The molecule has 0 atom stereocenters. The van der Waals surface area contributed by atoms with Crippen molar-refractivity contribution in [3.8, 4) is 0 Å². The largest absolute Gasteiger partial charge is 0.379 e. The summed E-state index contributed by atoms with van der Waals surface area (Å²) < 4.78 is 6.76. The highest BCUT2D eigenvalue weighted by Crippen LogP contribution is 2.26. The second-order valence-electron chi connectivity index (χ2n) is 6.72. The molecule has 2 aliphatic heterocycles. The molecular weight excluding hydrogens is 322 g/mol. The minimum atomic E-state index is -0.0872. The second-order valence-corrected chi connectivity index (χ2v) is 6.72. The topological polar surface area (TPSA) is 82.9 Å². The van der Waals surface area contributed by atoms with Gasteiger partial charge in [0.1, 0.15) is 0 Å². The number of fused-ring (bicyclic) bond motifs is 1. The number of ether oxygens (including phenoxy) is 1. The van der Waals surface area contributed by atoms with E-state index in [9.17, 15) is 9.59 Å². The highest BCUT2D eigenvalue weighted by atomic mass is 16.5. The number of carbonyl (C=O) groups is 1. The third-order valence-corrected chi connectivity index (χ3v) is 5.13. The van der Waals surface area contributed by atoms with Crippen molar-refractivity contribution in [2.75, 3.05) is 45.9 Å². The third-order valence-electron chi connectivity index (χ3n) is 5.13. The van der Waals surface area contributed by atoms with Gasteiger partial charge in [-0.15, -0.1) is 0 Å². The molecule has 0 radical (unpaired) electrons. The Balaban J connectivity index is 1.37. The van der Waals surface area contributed by atoms with Crippen LogP contribution in [0.25, 0.3) is 5.65 Å². The summed E-state index contributed by atoms with van der Waals surface area (Å²) in [7, 11) is 0. The number of amides is 1. The molecule has 2 saturated heterocycles. The molecule has 0 aromatic carbocycles. The molecule has 8 heteroatoms. The fourth-order valence-corrected chi connectivity index (χ4v) is 3.63. The highest BCUT2D eigenvalue weighted by Gasteiger charge is 2.26. The van der Waals surface area contributed by atoms with Crippen LogP contribution in [0.4, 0.5) is 0 Å². The summed E-state index contributed by atoms with van der Waals surface area (Å²) in [6.45, 7) is 4.99. The van der Waals surface area contributed by atoms with Crippen LogP contribution in [-0.2, 0) is 9.53 Å². The van der Waals surface area contributed by atoms with Gasteiger partial charge in [-0.2, -0.15) is 0 Å². The lowest BCUT2D eigenvalue weighted by Crippen LogP contribution is -2.46. The Hall–Kier alpha value is -2.19. The van der Waals surface area contributed by atoms with E-state index in [1.807, 2.05) is 4.90 Å². The number of likely N-dealkylation sites (tertiary alicyclic amines) is 1. The summed E-state index contributed by atoms with van der Waals surface area (Å²) in [5, 5.41) is 2.85. The molecule has 0 spiro atoms. The first-order valence-electron chi connectivity index (χ1n) is 8.86. The number of piperidine rings is 1. The standard InChI is InChI=1S/C17H23N5O3/c23-16-11-14(19-15-1-4-18-22(15)16)13-2-5-21(6-3-13)17(24)12-20-7-9-25-10-8-20/h1,4,11,13,18H,2-3,5-10,12H2. The van der Waals surface area contributed by atoms with Crippen molar-refractivity contribution < 1.29 is 9.53 Å². The minimum absolute atomic E-state index is 0.0872. The van der Waals surface area contributed by atoms with Crippen LogP contribution < -0.4 is 5.56 Å². The van der Waals surface area contributed by atoms with Gasteiger partial charge in [0.25, 0.3) is 5.56 Å². The Morgan fingerprint density at radius 1 is 1.24 bits per heavy atom. The number of aromatic amines is 1. The number of hydrogen-bond donors (Lipinski definition) is 1. The van der Waals surface area contributed by atoms with E-state index in [4.69, 9.17) is 4.74 Å². The minimum Gasteiger partial charge on any atom is -0.379 e. The van der Waals surface area contributed by atoms with Gasteiger partial charge >= 0.3 is 0 Å². The molecule has 0 unspecified atom stereocenters. The van der Waals surface area contributed by atoms with Crippen LogP contribution in [0.5, 0.6) is 0 Å². The molecule has 0 bridgehead atoms. The molecule has 2 fully saturated rings. The number of H-pyrrole nitrogens is 1. The van der Waals surface area contributed by atoms with Gasteiger partial charge in [0.15, 0.2) is 5.65 Å². The van der Waals surface area contributed by atoms with E-state index < -0.39 is 0 Å². The number of morpholine rings is 1. The van der Waals surface area contributed by atoms with Crippen LogP contribution in [0, 0.1) is 0 Å². The molecule has 25 heavy (non-hydrogen) atoms. The van der Waals surface area contributed by atoms with Crippen molar-refractivity contribution in [3.63, 3.8) is 0 Å². The second kappa shape index (κ2) is 6.97. The SMILES string of the molecule is O=C(CN1CCOCC1)N1CCC(c2cc(=O)n3[nH]ccc3n2)CC1. The van der Waals surface area contributed by atoms with Gasteiger partial charge in [0.2, 0.25) is 5.91 Å². The van der Waals surface area contributed by atoms with E-state index in [2.05, 4.69) is 15.0 Å². The molecule has 1 N–H and O–H groups in total. The van der Waals surface area contributed by atoms with Crippen LogP contribution in [0.15, 0.2) is 23.1 Å². The lowest BCUT2D eigenvalue weighted by Gasteiger charge is -2.34. The number of rotatable bonds is 3. The maximum absolute atomic E-state index is 12.5. The zero-order chi connectivity index (χ0) is 17.2. The first-order chi connectivity index (χ1) is 12.2. The lowest BCUT2D eigenvalue weighted by molar-refractivity contribution is -0.134. The van der Waals surface area contributed by atoms with Crippen molar-refractivity contribution in [1.29, 1.82) is 0 Å². The van der Waals surface area contributed by atoms with E-state index in [0.29, 0.717) is 25.4 Å². The summed E-state index contributed by atoms with van der Waals surface area (Å²) >= 11 is 0. The summed E-state index contributed by atoms with van der Waals surface area (Å²) in [4.78, 5) is 33.3. The molecule has 4 rings (SSSR count). The van der Waals surface area contributed by atoms with Crippen LogP contribution in [0.1, 0.15) is 24.5 Å². The molecule has 2 aromatic heterocycles. The maximum atomic E-state index is 12.5. The van der Waals surface area contributed by atoms with Gasteiger partial charge in [-0.1, -0.05) is 0 Å². The van der Waals surface area contributed by atoms with Gasteiger partial charge in [-0.3, -0.25) is 19.6 Å². The fraction of sp³-hybridized carbons (Fsp3) is 0.588. The van der Waals surface area contributed by atoms with Gasteiger partial charge in [0, 0.05) is 50.4 Å². The third kappa shape index (κ3) is 3.45. The first-order valence-corrected chi connectivity index (χ1v) is 8.86. The summed E-state index contributed by atoms with van der Waals surface area (Å²) in [6, 6.07) is 3.41. The van der Waals surface area contributed by atoms with Crippen LogP contribution >= 0.6 is 0 Å². The van der Waals surface area contributed by atoms with Crippen LogP contribution in [0.2, 0.25) is 0 Å². The van der Waals surface area contributed by atoms with Crippen molar-refractivity contribution in [2.24, 2.45) is 0 Å². The molecule has 8 nitrogen and oxygen atoms in total. The summed E-state index contributed by atoms with van der Waals surface area (Å²) in [6.07, 6.45) is 3.41. The molecule has 2 aromatic rings. The van der Waals surface area contributed by atoms with Crippen molar-refractivity contribution in [1.82, 2.24) is 24.4 Å². The molecule has 4 heterocycles. The summed E-state index contributed by atoms with van der Waals surface area (Å²) in [5.74, 6) is 0.425. The molecular formula is C17H23N5O3. The van der Waals surface area contributed by atoms with Crippen LogP contribution in [-0.4, -0.2) is 76.2 Å². The quantitative estimate of drug-likeness (QED) is 0.851. The Labute approximate surface area is 145 Å². The number of nitrogens with one attached hydrogen (secondary N) is 1. The van der Waals surface area contributed by atoms with E-state index >= 15 is 0 Å². The Bertz CT molecular complexity index is 800. The van der Waals surface area contributed by atoms with Crippen LogP contribution in [0.3, 0.4) is 0 Å². The zero-order valence-electron chi connectivity index (χ0n) is 14.2. The summed E-state index contributed by atoms with van der Waals surface area (Å²) in [5.41, 5.74) is 1.40. The molecule has 134 valence electrons. The van der Waals surface area contributed by atoms with E-state index in [1.54, 1.807) is 18.3 Å². The Kier molecular flexibility index (Phi) is 4.54. The van der Waals surface area contributed by atoms with E-state index in [-0.39, 0.29) is 17.4 Å². The molecule has 1 amide bonds. The lowest BCUT2D eigenvalue weighted by atomic mass is 9.93. The predicted molar refractivity (Wildman–Crippen MR) is 91.6 cm³/mol. The number of hydrogen-bond acceptors (Lipinski definition) is 5. The average molecular weight is 345 g/mol. The monoisotopic (exact) mass is 345 g/mol. The first kappa shape index (κ1) is 16.3. The Morgan fingerprint density at radius 3 is 2.76 bits per heavy atom. The highest BCUT2D eigenvalue weighted by molar-refractivity contribution is 5.78. The number of carbonyl (C=O) groups excluding carboxylic acids is 1.